The fraction of sp³-hybridized carbons (Fsp3) is 0.310. The Hall–Kier alpha value is -3.47. The zero-order valence-electron chi connectivity index (χ0n) is 21.9. The molecule has 2 aliphatic rings. The number of hydrogen-bond acceptors (Lipinski definition) is 5. The topological polar surface area (TPSA) is 90.0 Å². The fourth-order valence-electron chi connectivity index (χ4n) is 6.04. The number of benzene rings is 1. The van der Waals surface area contributed by atoms with Gasteiger partial charge in [-0.25, -0.2) is 13.9 Å². The molecule has 5 heterocycles. The molecule has 1 saturated heterocycles. The number of amides is 1. The van der Waals surface area contributed by atoms with E-state index in [-0.39, 0.29) is 23.6 Å². The lowest BCUT2D eigenvalue weighted by atomic mass is 9.77. The van der Waals surface area contributed by atoms with Gasteiger partial charge in [-0.15, -0.1) is 0 Å². The van der Waals surface area contributed by atoms with Crippen molar-refractivity contribution in [1.82, 2.24) is 9.30 Å². The third-order valence-corrected chi connectivity index (χ3v) is 9.81. The SMILES string of the molecule is CSc1c2sc(C3=C(C(=O)O)N4C(=O)[C@H]([C@@H](C)O)[C@H]4[C@H]3C)cn2c[n+]1Cc1cccc(C[n+]2ccccc2)c1. The summed E-state index contributed by atoms with van der Waals surface area (Å²) < 4.78 is 6.43. The van der Waals surface area contributed by atoms with Gasteiger partial charge in [0.1, 0.15) is 18.4 Å². The van der Waals surface area contributed by atoms with Crippen molar-refractivity contribution < 1.29 is 28.9 Å². The van der Waals surface area contributed by atoms with Crippen LogP contribution >= 0.6 is 23.1 Å². The maximum Gasteiger partial charge on any atom is 0.352 e. The van der Waals surface area contributed by atoms with Crippen LogP contribution in [0.2, 0.25) is 0 Å². The summed E-state index contributed by atoms with van der Waals surface area (Å²) in [5.41, 5.74) is 3.15. The minimum atomic E-state index is -1.11. The minimum absolute atomic E-state index is 0.0468. The van der Waals surface area contributed by atoms with Crippen LogP contribution in [0.25, 0.3) is 10.4 Å². The number of aliphatic hydroxyl groups is 1. The summed E-state index contributed by atoms with van der Waals surface area (Å²) in [6.45, 7) is 5.07. The number of pyridine rings is 1. The van der Waals surface area contributed by atoms with Crippen LogP contribution in [-0.2, 0) is 22.7 Å². The molecule has 0 aliphatic carbocycles. The molecule has 200 valence electrons. The van der Waals surface area contributed by atoms with Gasteiger partial charge in [-0.2, -0.15) is 4.40 Å². The predicted octanol–water partition coefficient (Wildman–Crippen LogP) is 3.05. The van der Waals surface area contributed by atoms with Crippen LogP contribution in [0.4, 0.5) is 0 Å². The molecule has 1 fully saturated rings. The lowest BCUT2D eigenvalue weighted by molar-refractivity contribution is -0.721. The molecular formula is C29H30N4O4S2+2. The summed E-state index contributed by atoms with van der Waals surface area (Å²) in [4.78, 5) is 28.3. The second-order valence-corrected chi connectivity index (χ2v) is 12.1. The first-order valence-corrected chi connectivity index (χ1v) is 14.9. The van der Waals surface area contributed by atoms with Gasteiger partial charge in [-0.1, -0.05) is 54.3 Å². The number of nitrogens with zero attached hydrogens (tertiary/aromatic N) is 4. The number of hydrogen-bond donors (Lipinski definition) is 2. The average Bonchev–Trinajstić information content (AvgIpc) is 3.51. The first kappa shape index (κ1) is 25.8. The van der Waals surface area contributed by atoms with Gasteiger partial charge in [0, 0.05) is 29.2 Å². The van der Waals surface area contributed by atoms with E-state index in [0.717, 1.165) is 21.3 Å². The summed E-state index contributed by atoms with van der Waals surface area (Å²) in [7, 11) is 0. The highest BCUT2D eigenvalue weighted by Gasteiger charge is 2.60. The molecule has 6 rings (SSSR count). The van der Waals surface area contributed by atoms with E-state index in [2.05, 4.69) is 56.5 Å². The lowest BCUT2D eigenvalue weighted by Crippen LogP contribution is -2.63. The number of thioether (sulfide) groups is 1. The van der Waals surface area contributed by atoms with Crippen LogP contribution < -0.4 is 9.13 Å². The van der Waals surface area contributed by atoms with E-state index in [0.29, 0.717) is 12.1 Å². The van der Waals surface area contributed by atoms with Crippen molar-refractivity contribution in [1.29, 1.82) is 0 Å². The van der Waals surface area contributed by atoms with Crippen LogP contribution in [0.5, 0.6) is 0 Å². The van der Waals surface area contributed by atoms with Gasteiger partial charge < -0.3 is 15.1 Å². The molecule has 1 amide bonds. The van der Waals surface area contributed by atoms with Gasteiger partial charge in [0.2, 0.25) is 15.8 Å². The lowest BCUT2D eigenvalue weighted by Gasteiger charge is -2.46. The Balaban J connectivity index is 1.32. The number of carbonyl (C=O) groups excluding carboxylic acids is 1. The Kier molecular flexibility index (Phi) is 6.57. The van der Waals surface area contributed by atoms with Crippen molar-refractivity contribution in [2.75, 3.05) is 6.26 Å². The van der Waals surface area contributed by atoms with E-state index >= 15 is 0 Å². The molecule has 0 unspecified atom stereocenters. The Bertz CT molecular complexity index is 1620. The van der Waals surface area contributed by atoms with Crippen molar-refractivity contribution in [3.63, 3.8) is 0 Å². The number of β-lactam (4-membered cyclic amide) rings is 1. The number of aromatic nitrogens is 3. The molecule has 0 bridgehead atoms. The molecule has 39 heavy (non-hydrogen) atoms. The van der Waals surface area contributed by atoms with E-state index in [4.69, 9.17) is 0 Å². The summed E-state index contributed by atoms with van der Waals surface area (Å²) in [5.74, 6) is -2.18. The number of aliphatic hydroxyl groups excluding tert-OH is 1. The number of thiazole rings is 1. The molecule has 4 aromatic rings. The molecular weight excluding hydrogens is 532 g/mol. The van der Waals surface area contributed by atoms with E-state index < -0.39 is 18.0 Å². The largest absolute Gasteiger partial charge is 0.477 e. The third-order valence-electron chi connectivity index (χ3n) is 7.73. The molecule has 0 saturated carbocycles. The molecule has 10 heteroatoms. The summed E-state index contributed by atoms with van der Waals surface area (Å²) in [6, 6.07) is 14.3. The maximum atomic E-state index is 12.7. The Morgan fingerprint density at radius 1 is 1.15 bits per heavy atom. The van der Waals surface area contributed by atoms with Gasteiger partial charge in [0.15, 0.2) is 18.9 Å². The van der Waals surface area contributed by atoms with Gasteiger partial charge in [0.05, 0.1) is 22.9 Å². The third kappa shape index (κ3) is 4.27. The molecule has 8 nitrogen and oxygen atoms in total. The first-order valence-electron chi connectivity index (χ1n) is 12.9. The predicted molar refractivity (Wildman–Crippen MR) is 148 cm³/mol. The zero-order chi connectivity index (χ0) is 27.4. The Labute approximate surface area is 234 Å². The number of rotatable bonds is 8. The van der Waals surface area contributed by atoms with Gasteiger partial charge in [-0.05, 0) is 24.8 Å². The summed E-state index contributed by atoms with van der Waals surface area (Å²) >= 11 is 3.20. The Morgan fingerprint density at radius 2 is 1.87 bits per heavy atom. The van der Waals surface area contributed by atoms with Gasteiger partial charge in [-0.3, -0.25) is 4.79 Å². The van der Waals surface area contributed by atoms with Crippen molar-refractivity contribution in [2.24, 2.45) is 11.8 Å². The van der Waals surface area contributed by atoms with Crippen LogP contribution in [0, 0.1) is 11.8 Å². The van der Waals surface area contributed by atoms with Crippen molar-refractivity contribution in [3.05, 3.63) is 89.1 Å². The average molecular weight is 563 g/mol. The second-order valence-electron chi connectivity index (χ2n) is 10.2. The van der Waals surface area contributed by atoms with Gasteiger partial charge in [0.25, 0.3) is 6.33 Å². The number of imidazole rings is 1. The van der Waals surface area contributed by atoms with E-state index in [1.807, 2.05) is 37.6 Å². The molecule has 0 radical (unpaired) electrons. The van der Waals surface area contributed by atoms with Crippen LogP contribution in [0.15, 0.2) is 78.1 Å². The zero-order valence-corrected chi connectivity index (χ0v) is 23.5. The molecule has 2 N–H and O–H groups in total. The number of aliphatic carboxylic acids is 1. The highest BCUT2D eigenvalue weighted by molar-refractivity contribution is 7.98. The first-order chi connectivity index (χ1) is 18.8. The van der Waals surface area contributed by atoms with Crippen molar-refractivity contribution >= 4 is 45.4 Å². The monoisotopic (exact) mass is 562 g/mol. The number of carbonyl (C=O) groups is 2. The van der Waals surface area contributed by atoms with Crippen LogP contribution in [0.1, 0.15) is 29.9 Å². The molecule has 2 aliphatic heterocycles. The fourth-order valence-corrected chi connectivity index (χ4v) is 8.22. The standard InChI is InChI=1S/C29H29N4O4S2/c1-17-22(25(29(36)37)33-24(17)23(18(2)34)26(33)35)21-15-32-16-31(27(38-3)28(32)39-21)14-20-9-7-8-19(12-20)13-30-10-5-4-6-11-30/h4-12,15-18,23-24,34H,13-14H2,1-3H3/q+1/p+1/t17-,18+,23+,24+/m0/s1. The second kappa shape index (κ2) is 9.93. The van der Waals surface area contributed by atoms with Crippen LogP contribution in [-0.4, -0.2) is 49.8 Å². The summed E-state index contributed by atoms with van der Waals surface area (Å²) in [6.07, 6.45) is 9.38. The molecule has 4 atom stereocenters. The van der Waals surface area contributed by atoms with Gasteiger partial charge >= 0.3 is 5.97 Å². The van der Waals surface area contributed by atoms with E-state index in [1.54, 1.807) is 30.0 Å². The molecule has 3 aromatic heterocycles. The van der Waals surface area contributed by atoms with Crippen molar-refractivity contribution in [2.45, 2.75) is 44.1 Å². The van der Waals surface area contributed by atoms with E-state index in [9.17, 15) is 19.8 Å². The number of carboxylic acids is 1. The van der Waals surface area contributed by atoms with Crippen LogP contribution in [0.3, 0.4) is 0 Å². The van der Waals surface area contributed by atoms with E-state index in [1.165, 1.54) is 16.0 Å². The highest BCUT2D eigenvalue weighted by atomic mass is 32.2. The normalized spacial score (nSPS) is 21.4. The Morgan fingerprint density at radius 3 is 2.54 bits per heavy atom. The highest BCUT2D eigenvalue weighted by Crippen LogP contribution is 2.51. The minimum Gasteiger partial charge on any atom is -0.477 e. The quantitative estimate of drug-likeness (QED) is 0.196. The summed E-state index contributed by atoms with van der Waals surface area (Å²) in [5, 5.41) is 21.3. The number of carboxylic acid groups (broad SMARTS) is 1. The molecule has 1 aromatic carbocycles. The smallest absolute Gasteiger partial charge is 0.352 e. The maximum absolute atomic E-state index is 12.7. The number of fused-ring (bicyclic) bond motifs is 2. The van der Waals surface area contributed by atoms with Crippen molar-refractivity contribution in [3.8, 4) is 0 Å². The molecule has 0 spiro atoms.